The van der Waals surface area contributed by atoms with E-state index in [-0.39, 0.29) is 24.4 Å². The van der Waals surface area contributed by atoms with Crippen molar-refractivity contribution in [2.75, 3.05) is 11.9 Å². The number of hydrogen-bond acceptors (Lipinski definition) is 4. The van der Waals surface area contributed by atoms with Gasteiger partial charge in [-0.05, 0) is 43.7 Å². The summed E-state index contributed by atoms with van der Waals surface area (Å²) in [5, 5.41) is 11.4. The van der Waals surface area contributed by atoms with E-state index in [4.69, 9.17) is 0 Å². The molecule has 2 amide bonds. The Kier molecular flexibility index (Phi) is 5.86. The van der Waals surface area contributed by atoms with Crippen LogP contribution >= 0.6 is 15.9 Å². The van der Waals surface area contributed by atoms with E-state index in [1.165, 1.54) is 0 Å². The largest absolute Gasteiger partial charge is 0.351 e. The smallest absolute Gasteiger partial charge is 0.277 e. The zero-order valence-corrected chi connectivity index (χ0v) is 14.9. The average molecular weight is 393 g/mol. The standard InChI is InChI=1S/C16H17BrN4O3/c1-9-10(2)20-21-16(24)14(9)15(23)18-8-7-13(22)19-12-5-3-11(17)4-6-12/h3-6H,7-8H2,1-2H3,(H,18,23)(H,19,22)(H,21,24). The Balaban J connectivity index is 1.89. The highest BCUT2D eigenvalue weighted by atomic mass is 79.9. The van der Waals surface area contributed by atoms with Crippen molar-refractivity contribution in [3.05, 3.63) is 55.9 Å². The summed E-state index contributed by atoms with van der Waals surface area (Å²) in [6.07, 6.45) is 0.100. The molecule has 8 heteroatoms. The lowest BCUT2D eigenvalue weighted by atomic mass is 10.1. The van der Waals surface area contributed by atoms with Gasteiger partial charge in [0.25, 0.3) is 11.5 Å². The van der Waals surface area contributed by atoms with Crippen LogP contribution in [0.25, 0.3) is 0 Å². The summed E-state index contributed by atoms with van der Waals surface area (Å²) in [4.78, 5) is 35.7. The third-order valence-electron chi connectivity index (χ3n) is 3.46. The topological polar surface area (TPSA) is 104 Å². The lowest BCUT2D eigenvalue weighted by Crippen LogP contribution is -2.33. The molecule has 0 saturated carbocycles. The van der Waals surface area contributed by atoms with Crippen LogP contribution in [0.3, 0.4) is 0 Å². The lowest BCUT2D eigenvalue weighted by Gasteiger charge is -2.08. The predicted molar refractivity (Wildman–Crippen MR) is 94.1 cm³/mol. The van der Waals surface area contributed by atoms with Crippen LogP contribution in [0.5, 0.6) is 0 Å². The number of hydrogen-bond donors (Lipinski definition) is 3. The van der Waals surface area contributed by atoms with Gasteiger partial charge in [-0.3, -0.25) is 14.4 Å². The molecule has 7 nitrogen and oxygen atoms in total. The number of aryl methyl sites for hydroxylation is 1. The number of amides is 2. The number of carbonyl (C=O) groups is 2. The predicted octanol–water partition coefficient (Wildman–Crippen LogP) is 1.91. The third kappa shape index (κ3) is 4.51. The van der Waals surface area contributed by atoms with Crippen LogP contribution < -0.4 is 16.2 Å². The maximum atomic E-state index is 12.1. The summed E-state index contributed by atoms with van der Waals surface area (Å²) in [6, 6.07) is 7.17. The van der Waals surface area contributed by atoms with E-state index in [2.05, 4.69) is 36.8 Å². The molecule has 0 saturated heterocycles. The van der Waals surface area contributed by atoms with Crippen LogP contribution in [0.1, 0.15) is 28.0 Å². The average Bonchev–Trinajstić information content (AvgIpc) is 2.53. The van der Waals surface area contributed by atoms with Crippen LogP contribution in [0, 0.1) is 13.8 Å². The molecule has 0 unspecified atom stereocenters. The number of rotatable bonds is 5. The highest BCUT2D eigenvalue weighted by Crippen LogP contribution is 2.14. The van der Waals surface area contributed by atoms with Gasteiger partial charge >= 0.3 is 0 Å². The van der Waals surface area contributed by atoms with Gasteiger partial charge < -0.3 is 10.6 Å². The van der Waals surface area contributed by atoms with Crippen molar-refractivity contribution in [3.63, 3.8) is 0 Å². The van der Waals surface area contributed by atoms with Crippen molar-refractivity contribution >= 4 is 33.4 Å². The molecule has 2 aromatic rings. The highest BCUT2D eigenvalue weighted by molar-refractivity contribution is 9.10. The Hall–Kier alpha value is -2.48. The number of nitrogens with zero attached hydrogens (tertiary/aromatic N) is 1. The SMILES string of the molecule is Cc1n[nH]c(=O)c(C(=O)NCCC(=O)Nc2ccc(Br)cc2)c1C. The number of aromatic nitrogens is 2. The van der Waals surface area contributed by atoms with Gasteiger partial charge in [-0.1, -0.05) is 15.9 Å². The summed E-state index contributed by atoms with van der Waals surface area (Å²) >= 11 is 3.32. The first kappa shape index (κ1) is 17.9. The molecule has 0 atom stereocenters. The first-order chi connectivity index (χ1) is 11.4. The minimum Gasteiger partial charge on any atom is -0.351 e. The van der Waals surface area contributed by atoms with Gasteiger partial charge in [0.1, 0.15) is 5.56 Å². The molecule has 0 fully saturated rings. The highest BCUT2D eigenvalue weighted by Gasteiger charge is 2.16. The second kappa shape index (κ2) is 7.87. The van der Waals surface area contributed by atoms with E-state index in [0.29, 0.717) is 16.9 Å². The molecule has 1 heterocycles. The van der Waals surface area contributed by atoms with Crippen LogP contribution in [-0.2, 0) is 4.79 Å². The Morgan fingerprint density at radius 1 is 1.21 bits per heavy atom. The summed E-state index contributed by atoms with van der Waals surface area (Å²) < 4.78 is 0.918. The lowest BCUT2D eigenvalue weighted by molar-refractivity contribution is -0.116. The van der Waals surface area contributed by atoms with E-state index in [0.717, 1.165) is 4.47 Å². The molecule has 1 aromatic carbocycles. The van der Waals surface area contributed by atoms with Gasteiger partial charge in [-0.15, -0.1) is 0 Å². The second-order valence-electron chi connectivity index (χ2n) is 5.20. The van der Waals surface area contributed by atoms with Crippen LogP contribution in [-0.4, -0.2) is 28.6 Å². The Morgan fingerprint density at radius 2 is 1.88 bits per heavy atom. The number of H-pyrrole nitrogens is 1. The van der Waals surface area contributed by atoms with Gasteiger partial charge in [-0.2, -0.15) is 5.10 Å². The second-order valence-corrected chi connectivity index (χ2v) is 6.11. The van der Waals surface area contributed by atoms with E-state index < -0.39 is 11.5 Å². The number of carbonyl (C=O) groups excluding carboxylic acids is 2. The molecule has 0 aliphatic heterocycles. The molecular weight excluding hydrogens is 376 g/mol. The molecular formula is C16H17BrN4O3. The van der Waals surface area contributed by atoms with Crippen molar-refractivity contribution in [1.82, 2.24) is 15.5 Å². The van der Waals surface area contributed by atoms with E-state index in [1.807, 2.05) is 12.1 Å². The number of nitrogens with one attached hydrogen (secondary N) is 3. The fraction of sp³-hybridized carbons (Fsp3) is 0.250. The molecule has 0 bridgehead atoms. The zero-order chi connectivity index (χ0) is 17.7. The molecule has 3 N–H and O–H groups in total. The third-order valence-corrected chi connectivity index (χ3v) is 3.99. The van der Waals surface area contributed by atoms with Crippen LogP contribution in [0.2, 0.25) is 0 Å². The zero-order valence-electron chi connectivity index (χ0n) is 13.3. The molecule has 126 valence electrons. The van der Waals surface area contributed by atoms with Gasteiger partial charge in [-0.25, -0.2) is 5.10 Å². The van der Waals surface area contributed by atoms with Gasteiger partial charge in [0.15, 0.2) is 0 Å². The van der Waals surface area contributed by atoms with Gasteiger partial charge in [0.05, 0.1) is 5.69 Å². The molecule has 0 aliphatic carbocycles. The normalized spacial score (nSPS) is 10.3. The fourth-order valence-electron chi connectivity index (χ4n) is 2.03. The minimum atomic E-state index is -0.546. The van der Waals surface area contributed by atoms with E-state index in [9.17, 15) is 14.4 Å². The molecule has 0 radical (unpaired) electrons. The van der Waals surface area contributed by atoms with Crippen LogP contribution in [0.15, 0.2) is 33.5 Å². The maximum Gasteiger partial charge on any atom is 0.277 e. The van der Waals surface area contributed by atoms with E-state index >= 15 is 0 Å². The number of aromatic amines is 1. The van der Waals surface area contributed by atoms with Crippen molar-refractivity contribution in [2.24, 2.45) is 0 Å². The van der Waals surface area contributed by atoms with Crippen molar-refractivity contribution in [1.29, 1.82) is 0 Å². The fourth-order valence-corrected chi connectivity index (χ4v) is 2.30. The summed E-state index contributed by atoms with van der Waals surface area (Å²) in [5.41, 5.74) is 1.25. The summed E-state index contributed by atoms with van der Waals surface area (Å²) in [7, 11) is 0. The first-order valence-electron chi connectivity index (χ1n) is 7.28. The Labute approximate surface area is 147 Å². The summed E-state index contributed by atoms with van der Waals surface area (Å²) in [6.45, 7) is 3.49. The minimum absolute atomic E-state index is 0.0239. The number of halogens is 1. The van der Waals surface area contributed by atoms with Gasteiger partial charge in [0.2, 0.25) is 5.91 Å². The van der Waals surface area contributed by atoms with Crippen molar-refractivity contribution < 1.29 is 9.59 Å². The monoisotopic (exact) mass is 392 g/mol. The molecule has 0 aliphatic rings. The maximum absolute atomic E-state index is 12.1. The van der Waals surface area contributed by atoms with E-state index in [1.54, 1.807) is 26.0 Å². The number of anilines is 1. The Morgan fingerprint density at radius 3 is 2.54 bits per heavy atom. The molecule has 2 rings (SSSR count). The van der Waals surface area contributed by atoms with Crippen LogP contribution in [0.4, 0.5) is 5.69 Å². The summed E-state index contributed by atoms with van der Waals surface area (Å²) in [5.74, 6) is -0.746. The Bertz CT molecular complexity index is 815. The molecule has 0 spiro atoms. The quantitative estimate of drug-likeness (QED) is 0.722. The first-order valence-corrected chi connectivity index (χ1v) is 8.07. The van der Waals surface area contributed by atoms with Crippen molar-refractivity contribution in [2.45, 2.75) is 20.3 Å². The van der Waals surface area contributed by atoms with Gasteiger partial charge in [0, 0.05) is 23.1 Å². The van der Waals surface area contributed by atoms with Crippen molar-refractivity contribution in [3.8, 4) is 0 Å². The molecule has 24 heavy (non-hydrogen) atoms. The molecule has 1 aromatic heterocycles. The number of benzene rings is 1.